The molecule has 0 radical (unpaired) electrons. The molecule has 0 saturated carbocycles. The number of amides is 3. The van der Waals surface area contributed by atoms with Crippen molar-refractivity contribution in [1.29, 1.82) is 0 Å². The van der Waals surface area contributed by atoms with Gasteiger partial charge in [-0.05, 0) is 26.2 Å². The van der Waals surface area contributed by atoms with Crippen LogP contribution in [0.2, 0.25) is 0 Å². The van der Waals surface area contributed by atoms with E-state index in [4.69, 9.17) is 5.73 Å². The van der Waals surface area contributed by atoms with E-state index in [1.54, 1.807) is 0 Å². The van der Waals surface area contributed by atoms with Gasteiger partial charge in [-0.3, -0.25) is 14.4 Å². The van der Waals surface area contributed by atoms with Gasteiger partial charge in [0, 0.05) is 25.8 Å². The highest BCUT2D eigenvalue weighted by Crippen LogP contribution is 2.13. The van der Waals surface area contributed by atoms with Crippen molar-refractivity contribution < 1.29 is 14.4 Å². The standard InChI is InChI=1S/C24H45N7O3/c1-2-26-22(32)19-18-20(24(25)34)27-23(33)17-15-13-11-9-7-5-3-4-6-8-10-12-14-16-21-28-30-31-29-21/h20H,2-19H2,1H3,(H2,25,34)(H,26,32)(H,27,33)(H,28,29,30,31). The maximum absolute atomic E-state index is 12.1. The highest BCUT2D eigenvalue weighted by Gasteiger charge is 2.18. The summed E-state index contributed by atoms with van der Waals surface area (Å²) >= 11 is 0. The van der Waals surface area contributed by atoms with Gasteiger partial charge in [-0.1, -0.05) is 75.8 Å². The summed E-state index contributed by atoms with van der Waals surface area (Å²) in [5.74, 6) is -0.103. The molecular formula is C24H45N7O3. The summed E-state index contributed by atoms with van der Waals surface area (Å²) in [5, 5.41) is 19.3. The first kappa shape index (κ1) is 29.5. The van der Waals surface area contributed by atoms with Crippen LogP contribution in [0, 0.1) is 0 Å². The highest BCUT2D eigenvalue weighted by molar-refractivity contribution is 5.87. The van der Waals surface area contributed by atoms with Crippen LogP contribution < -0.4 is 16.4 Å². The molecule has 1 rings (SSSR count). The number of aryl methyl sites for hydroxylation is 1. The third-order valence-electron chi connectivity index (χ3n) is 5.91. The summed E-state index contributed by atoms with van der Waals surface area (Å²) in [6.45, 7) is 2.37. The summed E-state index contributed by atoms with van der Waals surface area (Å²) < 4.78 is 0. The number of hydrogen-bond acceptors (Lipinski definition) is 6. The molecular weight excluding hydrogens is 434 g/mol. The fourth-order valence-electron chi connectivity index (χ4n) is 3.91. The molecule has 3 amide bonds. The molecule has 5 N–H and O–H groups in total. The van der Waals surface area contributed by atoms with Gasteiger partial charge < -0.3 is 16.4 Å². The Kier molecular flexibility index (Phi) is 17.3. The number of carbonyl (C=O) groups is 3. The van der Waals surface area contributed by atoms with Crippen molar-refractivity contribution in [1.82, 2.24) is 31.3 Å². The fourth-order valence-corrected chi connectivity index (χ4v) is 3.91. The molecule has 0 saturated heterocycles. The number of nitrogens with zero attached hydrogens (tertiary/aromatic N) is 3. The third-order valence-corrected chi connectivity index (χ3v) is 5.91. The Bertz CT molecular complexity index is 668. The smallest absolute Gasteiger partial charge is 0.240 e. The van der Waals surface area contributed by atoms with Gasteiger partial charge in [-0.15, -0.1) is 10.2 Å². The number of aromatic nitrogens is 4. The normalized spacial score (nSPS) is 11.8. The maximum Gasteiger partial charge on any atom is 0.240 e. The van der Waals surface area contributed by atoms with E-state index < -0.39 is 11.9 Å². The zero-order chi connectivity index (χ0) is 24.9. The van der Waals surface area contributed by atoms with Gasteiger partial charge in [0.15, 0.2) is 5.82 Å². The van der Waals surface area contributed by atoms with Crippen molar-refractivity contribution in [2.24, 2.45) is 5.73 Å². The number of nitrogens with one attached hydrogen (secondary N) is 3. The van der Waals surface area contributed by atoms with Crippen LogP contribution in [0.3, 0.4) is 0 Å². The molecule has 0 aromatic carbocycles. The quantitative estimate of drug-likeness (QED) is 0.187. The van der Waals surface area contributed by atoms with Gasteiger partial charge in [0.05, 0.1) is 0 Å². The summed E-state index contributed by atoms with van der Waals surface area (Å²) in [6, 6.07) is -0.785. The van der Waals surface area contributed by atoms with Crippen molar-refractivity contribution in [2.45, 2.75) is 122 Å². The van der Waals surface area contributed by atoms with Crippen molar-refractivity contribution in [2.75, 3.05) is 6.54 Å². The minimum Gasteiger partial charge on any atom is -0.368 e. The fraction of sp³-hybridized carbons (Fsp3) is 0.833. The third kappa shape index (κ3) is 16.1. The van der Waals surface area contributed by atoms with Crippen molar-refractivity contribution >= 4 is 17.7 Å². The molecule has 10 nitrogen and oxygen atoms in total. The molecule has 1 aromatic rings. The second-order valence-corrected chi connectivity index (χ2v) is 8.94. The van der Waals surface area contributed by atoms with E-state index in [1.807, 2.05) is 6.92 Å². The Labute approximate surface area is 204 Å². The number of H-pyrrole nitrogens is 1. The average Bonchev–Trinajstić information content (AvgIpc) is 3.32. The zero-order valence-corrected chi connectivity index (χ0v) is 20.9. The van der Waals surface area contributed by atoms with E-state index in [0.717, 1.165) is 37.9 Å². The van der Waals surface area contributed by atoms with E-state index in [9.17, 15) is 14.4 Å². The van der Waals surface area contributed by atoms with Crippen LogP contribution in [-0.2, 0) is 20.8 Å². The second kappa shape index (κ2) is 19.9. The zero-order valence-electron chi connectivity index (χ0n) is 20.9. The lowest BCUT2D eigenvalue weighted by atomic mass is 10.0. The Morgan fingerprint density at radius 1 is 0.824 bits per heavy atom. The first-order valence-electron chi connectivity index (χ1n) is 13.1. The lowest BCUT2D eigenvalue weighted by molar-refractivity contribution is -0.128. The van der Waals surface area contributed by atoms with Crippen LogP contribution in [0.1, 0.15) is 115 Å². The molecule has 1 unspecified atom stereocenters. The Morgan fingerprint density at radius 3 is 1.88 bits per heavy atom. The number of carbonyl (C=O) groups excluding carboxylic acids is 3. The van der Waals surface area contributed by atoms with Crippen LogP contribution in [0.15, 0.2) is 0 Å². The molecule has 1 atom stereocenters. The number of primary amides is 1. The van der Waals surface area contributed by atoms with Crippen molar-refractivity contribution in [3.05, 3.63) is 5.82 Å². The number of tetrazole rings is 1. The molecule has 0 bridgehead atoms. The monoisotopic (exact) mass is 479 g/mol. The van der Waals surface area contributed by atoms with E-state index in [0.29, 0.717) is 13.0 Å². The molecule has 0 aliphatic heterocycles. The summed E-state index contributed by atoms with van der Waals surface area (Å²) in [6.07, 6.45) is 17.2. The summed E-state index contributed by atoms with van der Waals surface area (Å²) in [5.41, 5.74) is 5.35. The second-order valence-electron chi connectivity index (χ2n) is 8.94. The van der Waals surface area contributed by atoms with Crippen molar-refractivity contribution in [3.8, 4) is 0 Å². The molecule has 194 valence electrons. The lowest BCUT2D eigenvalue weighted by Gasteiger charge is -2.15. The van der Waals surface area contributed by atoms with Crippen molar-refractivity contribution in [3.63, 3.8) is 0 Å². The van der Waals surface area contributed by atoms with Crippen LogP contribution in [0.4, 0.5) is 0 Å². The maximum atomic E-state index is 12.1. The van der Waals surface area contributed by atoms with Crippen LogP contribution in [0.5, 0.6) is 0 Å². The molecule has 1 aromatic heterocycles. The number of nitrogens with two attached hydrogens (primary N) is 1. The van der Waals surface area contributed by atoms with Gasteiger partial charge in [-0.25, -0.2) is 0 Å². The van der Waals surface area contributed by atoms with E-state index in [1.165, 1.54) is 57.8 Å². The molecule has 34 heavy (non-hydrogen) atoms. The van der Waals surface area contributed by atoms with Gasteiger partial charge in [0.1, 0.15) is 6.04 Å². The van der Waals surface area contributed by atoms with Crippen LogP contribution in [0.25, 0.3) is 0 Å². The van der Waals surface area contributed by atoms with Crippen LogP contribution in [-0.4, -0.2) is 50.9 Å². The Balaban J connectivity index is 1.88. The van der Waals surface area contributed by atoms with E-state index in [2.05, 4.69) is 31.3 Å². The predicted octanol–water partition coefficient (Wildman–Crippen LogP) is 3.09. The molecule has 0 aliphatic carbocycles. The van der Waals surface area contributed by atoms with E-state index >= 15 is 0 Å². The summed E-state index contributed by atoms with van der Waals surface area (Å²) in [4.78, 5) is 35.1. The molecule has 0 spiro atoms. The SMILES string of the molecule is CCNC(=O)CCC(NC(=O)CCCCCCCCCCCCCCCc1nn[nH]n1)C(N)=O. The van der Waals surface area contributed by atoms with E-state index in [-0.39, 0.29) is 24.7 Å². The topological polar surface area (TPSA) is 156 Å². The van der Waals surface area contributed by atoms with Gasteiger partial charge in [0.2, 0.25) is 17.7 Å². The Hall–Kier alpha value is -2.52. The molecule has 0 fully saturated rings. The average molecular weight is 480 g/mol. The first-order valence-corrected chi connectivity index (χ1v) is 13.1. The van der Waals surface area contributed by atoms with Gasteiger partial charge in [-0.2, -0.15) is 5.21 Å². The summed E-state index contributed by atoms with van der Waals surface area (Å²) in [7, 11) is 0. The Morgan fingerprint density at radius 2 is 1.38 bits per heavy atom. The lowest BCUT2D eigenvalue weighted by Crippen LogP contribution is -2.45. The number of hydrogen-bond donors (Lipinski definition) is 4. The largest absolute Gasteiger partial charge is 0.368 e. The minimum absolute atomic E-state index is 0.142. The number of aromatic amines is 1. The predicted molar refractivity (Wildman–Crippen MR) is 132 cm³/mol. The molecule has 1 heterocycles. The van der Waals surface area contributed by atoms with Gasteiger partial charge >= 0.3 is 0 Å². The highest BCUT2D eigenvalue weighted by atomic mass is 16.2. The first-order chi connectivity index (χ1) is 16.5. The molecule has 10 heteroatoms. The molecule has 0 aliphatic rings. The van der Waals surface area contributed by atoms with Crippen LogP contribution >= 0.6 is 0 Å². The van der Waals surface area contributed by atoms with Gasteiger partial charge in [0.25, 0.3) is 0 Å². The number of unbranched alkanes of at least 4 members (excludes halogenated alkanes) is 12. The number of rotatable bonds is 22. The minimum atomic E-state index is -0.785.